The van der Waals surface area contributed by atoms with Crippen LogP contribution in [0.1, 0.15) is 25.6 Å². The lowest BCUT2D eigenvalue weighted by atomic mass is 10.3. The van der Waals surface area contributed by atoms with Crippen molar-refractivity contribution in [3.8, 4) is 0 Å². The normalized spacial score (nSPS) is 19.0. The summed E-state index contributed by atoms with van der Waals surface area (Å²) in [5, 5.41) is 4.45. The summed E-state index contributed by atoms with van der Waals surface area (Å²) in [6.07, 6.45) is 3.58. The van der Waals surface area contributed by atoms with Gasteiger partial charge in [-0.1, -0.05) is 6.92 Å². The van der Waals surface area contributed by atoms with E-state index in [9.17, 15) is 0 Å². The van der Waals surface area contributed by atoms with Crippen LogP contribution in [0.3, 0.4) is 0 Å². The molecule has 7 nitrogen and oxygen atoms in total. The Morgan fingerprint density at radius 1 is 1.33 bits per heavy atom. The summed E-state index contributed by atoms with van der Waals surface area (Å²) in [4.78, 5) is 13.6. The van der Waals surface area contributed by atoms with Gasteiger partial charge in [0.05, 0.1) is 6.61 Å². The Morgan fingerprint density at radius 2 is 2.12 bits per heavy atom. The summed E-state index contributed by atoms with van der Waals surface area (Å²) in [5.74, 6) is 2.74. The number of nitrogens with zero attached hydrogens (tertiary/aromatic N) is 5. The van der Waals surface area contributed by atoms with Crippen molar-refractivity contribution in [1.82, 2.24) is 19.6 Å². The van der Waals surface area contributed by atoms with Gasteiger partial charge in [0, 0.05) is 64.3 Å². The lowest BCUT2D eigenvalue weighted by Gasteiger charge is -2.36. The fourth-order valence-electron chi connectivity index (χ4n) is 2.73. The largest absolute Gasteiger partial charge is 0.379 e. The zero-order chi connectivity index (χ0) is 16.8. The summed E-state index contributed by atoms with van der Waals surface area (Å²) in [6.45, 7) is 8.38. The molecular formula is C16H28N6OS. The lowest BCUT2D eigenvalue weighted by molar-refractivity contribution is 0.128. The maximum Gasteiger partial charge on any atom is 0.205 e. The van der Waals surface area contributed by atoms with E-state index in [-0.39, 0.29) is 0 Å². The van der Waals surface area contributed by atoms with Crippen LogP contribution >= 0.6 is 11.5 Å². The molecule has 1 saturated carbocycles. The Morgan fingerprint density at radius 3 is 2.75 bits per heavy atom. The summed E-state index contributed by atoms with van der Waals surface area (Å²) in [6, 6.07) is 0. The van der Waals surface area contributed by atoms with Crippen molar-refractivity contribution in [3.63, 3.8) is 0 Å². The van der Waals surface area contributed by atoms with Gasteiger partial charge in [-0.15, -0.1) is 0 Å². The van der Waals surface area contributed by atoms with Gasteiger partial charge in [-0.25, -0.2) is 4.98 Å². The average molecular weight is 353 g/mol. The predicted octanol–water partition coefficient (Wildman–Crippen LogP) is 1.22. The number of guanidine groups is 1. The third kappa shape index (κ3) is 4.80. The molecule has 2 aliphatic rings. The monoisotopic (exact) mass is 352 g/mol. The predicted molar refractivity (Wildman–Crippen MR) is 98.0 cm³/mol. The number of aliphatic imine (C=N–C) groups is 1. The maximum atomic E-state index is 5.67. The van der Waals surface area contributed by atoms with Gasteiger partial charge in [0.15, 0.2) is 5.96 Å². The van der Waals surface area contributed by atoms with Crippen molar-refractivity contribution >= 4 is 22.6 Å². The number of hydrogen-bond donors (Lipinski definition) is 1. The molecule has 1 aliphatic carbocycles. The van der Waals surface area contributed by atoms with Crippen LogP contribution in [-0.4, -0.2) is 73.2 Å². The number of aromatic nitrogens is 2. The minimum absolute atomic E-state index is 0.750. The molecule has 1 aliphatic heterocycles. The van der Waals surface area contributed by atoms with Crippen LogP contribution in [0.25, 0.3) is 0 Å². The molecule has 0 unspecified atom stereocenters. The van der Waals surface area contributed by atoms with E-state index in [1.54, 1.807) is 0 Å². The molecule has 0 spiro atoms. The highest BCUT2D eigenvalue weighted by Crippen LogP contribution is 2.28. The van der Waals surface area contributed by atoms with Crippen LogP contribution in [-0.2, 0) is 11.2 Å². The Bertz CT molecular complexity index is 536. The quantitative estimate of drug-likeness (QED) is 0.452. The Hall–Kier alpha value is -1.41. The van der Waals surface area contributed by atoms with Gasteiger partial charge in [-0.05, 0) is 18.8 Å². The molecule has 0 aromatic carbocycles. The molecule has 8 heteroatoms. The molecule has 0 atom stereocenters. The third-order valence-electron chi connectivity index (χ3n) is 4.42. The number of hydrogen-bond acceptors (Lipinski definition) is 6. The smallest absolute Gasteiger partial charge is 0.205 e. The standard InChI is InChI=1S/C16H28N6OS/c1-3-14-19-16(24-20-14)22-9-7-21(8-10-22)15(17-2)18-6-11-23-12-13-4-5-13/h13H,3-12H2,1-2H3,(H,17,18). The van der Waals surface area contributed by atoms with Gasteiger partial charge in [0.25, 0.3) is 0 Å². The topological polar surface area (TPSA) is 65.9 Å². The molecule has 0 bridgehead atoms. The number of nitrogens with one attached hydrogen (secondary N) is 1. The SMILES string of the molecule is CCc1nsc(N2CCN(C(=NC)NCCOCC3CC3)CC2)n1. The molecule has 0 radical (unpaired) electrons. The zero-order valence-corrected chi connectivity index (χ0v) is 15.5. The molecule has 1 aromatic heterocycles. The fraction of sp³-hybridized carbons (Fsp3) is 0.812. The molecule has 24 heavy (non-hydrogen) atoms. The maximum absolute atomic E-state index is 5.67. The first-order valence-electron chi connectivity index (χ1n) is 8.91. The number of aryl methyl sites for hydroxylation is 1. The molecule has 0 amide bonds. The van der Waals surface area contributed by atoms with Crippen molar-refractivity contribution in [2.75, 3.05) is 57.9 Å². The minimum Gasteiger partial charge on any atom is -0.379 e. The molecule has 2 heterocycles. The highest BCUT2D eigenvalue weighted by molar-refractivity contribution is 7.09. The van der Waals surface area contributed by atoms with E-state index in [0.717, 1.165) is 75.2 Å². The van der Waals surface area contributed by atoms with E-state index in [4.69, 9.17) is 4.74 Å². The Balaban J connectivity index is 1.38. The van der Waals surface area contributed by atoms with Gasteiger partial charge in [-0.2, -0.15) is 4.37 Å². The average Bonchev–Trinajstić information content (AvgIpc) is 3.32. The summed E-state index contributed by atoms with van der Waals surface area (Å²) >= 11 is 1.51. The second-order valence-corrected chi connectivity index (χ2v) is 7.04. The molecule has 134 valence electrons. The van der Waals surface area contributed by atoms with Gasteiger partial charge >= 0.3 is 0 Å². The highest BCUT2D eigenvalue weighted by atomic mass is 32.1. The molecule has 1 aromatic rings. The van der Waals surface area contributed by atoms with E-state index in [0.29, 0.717) is 0 Å². The summed E-state index contributed by atoms with van der Waals surface area (Å²) < 4.78 is 10.0. The lowest BCUT2D eigenvalue weighted by Crippen LogP contribution is -2.53. The van der Waals surface area contributed by atoms with Gasteiger partial charge in [0.1, 0.15) is 5.82 Å². The van der Waals surface area contributed by atoms with Gasteiger partial charge in [0.2, 0.25) is 5.13 Å². The van der Waals surface area contributed by atoms with Crippen LogP contribution in [0.5, 0.6) is 0 Å². The van der Waals surface area contributed by atoms with E-state index in [1.807, 2.05) is 7.05 Å². The highest BCUT2D eigenvalue weighted by Gasteiger charge is 2.22. The molecule has 1 N–H and O–H groups in total. The molecular weight excluding hydrogens is 324 g/mol. The third-order valence-corrected chi connectivity index (χ3v) is 5.23. The van der Waals surface area contributed by atoms with E-state index >= 15 is 0 Å². The van der Waals surface area contributed by atoms with E-state index in [2.05, 4.69) is 36.4 Å². The number of rotatable bonds is 7. The van der Waals surface area contributed by atoms with Crippen LogP contribution in [0.2, 0.25) is 0 Å². The van der Waals surface area contributed by atoms with E-state index < -0.39 is 0 Å². The van der Waals surface area contributed by atoms with Crippen molar-refractivity contribution in [3.05, 3.63) is 5.82 Å². The van der Waals surface area contributed by atoms with Crippen molar-refractivity contribution in [2.45, 2.75) is 26.2 Å². The van der Waals surface area contributed by atoms with Crippen LogP contribution in [0.4, 0.5) is 5.13 Å². The van der Waals surface area contributed by atoms with Crippen LogP contribution in [0.15, 0.2) is 4.99 Å². The second kappa shape index (κ2) is 8.62. The number of ether oxygens (including phenoxy) is 1. The van der Waals surface area contributed by atoms with Gasteiger partial charge < -0.3 is 19.9 Å². The zero-order valence-electron chi connectivity index (χ0n) is 14.7. The molecule has 3 rings (SSSR count). The number of piperazine rings is 1. The first-order chi connectivity index (χ1) is 11.8. The first kappa shape index (κ1) is 17.4. The van der Waals surface area contributed by atoms with Gasteiger partial charge in [-0.3, -0.25) is 4.99 Å². The number of anilines is 1. The van der Waals surface area contributed by atoms with Crippen LogP contribution in [0, 0.1) is 5.92 Å². The van der Waals surface area contributed by atoms with Crippen LogP contribution < -0.4 is 10.2 Å². The summed E-state index contributed by atoms with van der Waals surface area (Å²) in [5.41, 5.74) is 0. The second-order valence-electron chi connectivity index (χ2n) is 6.31. The Kier molecular flexibility index (Phi) is 6.25. The molecule has 2 fully saturated rings. The van der Waals surface area contributed by atoms with Crippen molar-refractivity contribution in [2.24, 2.45) is 10.9 Å². The fourth-order valence-corrected chi connectivity index (χ4v) is 3.53. The van der Waals surface area contributed by atoms with Crippen molar-refractivity contribution in [1.29, 1.82) is 0 Å². The van der Waals surface area contributed by atoms with E-state index in [1.165, 1.54) is 24.4 Å². The minimum atomic E-state index is 0.750. The Labute approximate surface area is 148 Å². The summed E-state index contributed by atoms with van der Waals surface area (Å²) in [7, 11) is 1.85. The van der Waals surface area contributed by atoms with Crippen molar-refractivity contribution < 1.29 is 4.74 Å². The first-order valence-corrected chi connectivity index (χ1v) is 9.68. The molecule has 1 saturated heterocycles.